The third-order valence-electron chi connectivity index (χ3n) is 3.62. The van der Waals surface area contributed by atoms with Crippen molar-refractivity contribution in [3.63, 3.8) is 0 Å². The SMILES string of the molecule is COc1cc(/C=C/C(=O)c2ccc(NS(C)(=O)=O)cc2)c([N+](=O)[O-])cc1OC. The maximum Gasteiger partial charge on any atom is 0.280 e. The number of hydrogen-bond donors (Lipinski definition) is 1. The lowest BCUT2D eigenvalue weighted by Gasteiger charge is -2.08. The van der Waals surface area contributed by atoms with E-state index in [2.05, 4.69) is 4.72 Å². The maximum absolute atomic E-state index is 12.3. The number of nitro benzene ring substituents is 1. The summed E-state index contributed by atoms with van der Waals surface area (Å²) >= 11 is 0. The van der Waals surface area contributed by atoms with Crippen molar-refractivity contribution in [3.05, 3.63) is 63.7 Å². The normalized spacial score (nSPS) is 11.2. The summed E-state index contributed by atoms with van der Waals surface area (Å²) in [6.07, 6.45) is 3.52. The van der Waals surface area contributed by atoms with Crippen LogP contribution < -0.4 is 14.2 Å². The van der Waals surface area contributed by atoms with Crippen LogP contribution in [0.3, 0.4) is 0 Å². The van der Waals surface area contributed by atoms with Crippen molar-refractivity contribution >= 4 is 33.3 Å². The number of sulfonamides is 1. The van der Waals surface area contributed by atoms with Crippen LogP contribution in [-0.4, -0.2) is 39.6 Å². The zero-order valence-electron chi connectivity index (χ0n) is 15.3. The first-order chi connectivity index (χ1) is 13.1. The Morgan fingerprint density at radius 3 is 2.18 bits per heavy atom. The van der Waals surface area contributed by atoms with Gasteiger partial charge in [0.05, 0.1) is 37.0 Å². The van der Waals surface area contributed by atoms with Crippen LogP contribution in [0.15, 0.2) is 42.5 Å². The molecule has 2 aromatic rings. The fourth-order valence-electron chi connectivity index (χ4n) is 2.35. The highest BCUT2D eigenvalue weighted by Gasteiger charge is 2.18. The molecule has 1 N–H and O–H groups in total. The van der Waals surface area contributed by atoms with Crippen LogP contribution in [0.4, 0.5) is 11.4 Å². The molecule has 28 heavy (non-hydrogen) atoms. The molecule has 0 amide bonds. The molecule has 0 spiro atoms. The summed E-state index contributed by atoms with van der Waals surface area (Å²) in [6, 6.07) is 8.41. The molecule has 0 radical (unpaired) electrons. The molecule has 148 valence electrons. The molecule has 0 aliphatic carbocycles. The van der Waals surface area contributed by atoms with Crippen LogP contribution in [0.1, 0.15) is 15.9 Å². The number of methoxy groups -OCH3 is 2. The van der Waals surface area contributed by atoms with Gasteiger partial charge in [-0.3, -0.25) is 19.6 Å². The van der Waals surface area contributed by atoms with Crippen molar-refractivity contribution in [3.8, 4) is 11.5 Å². The lowest BCUT2D eigenvalue weighted by molar-refractivity contribution is -0.385. The number of anilines is 1. The molecule has 0 unspecified atom stereocenters. The number of hydrogen-bond acceptors (Lipinski definition) is 7. The van der Waals surface area contributed by atoms with E-state index >= 15 is 0 Å². The van der Waals surface area contributed by atoms with E-state index < -0.39 is 20.7 Å². The van der Waals surface area contributed by atoms with Crippen LogP contribution in [-0.2, 0) is 10.0 Å². The van der Waals surface area contributed by atoms with Gasteiger partial charge in [-0.05, 0) is 42.5 Å². The third kappa shape index (κ3) is 5.30. The first-order valence-corrected chi connectivity index (χ1v) is 9.74. The van der Waals surface area contributed by atoms with Crippen LogP contribution in [0.5, 0.6) is 11.5 Å². The van der Waals surface area contributed by atoms with Crippen molar-refractivity contribution in [2.75, 3.05) is 25.2 Å². The zero-order chi connectivity index (χ0) is 20.9. The summed E-state index contributed by atoms with van der Waals surface area (Å²) < 4.78 is 34.9. The summed E-state index contributed by atoms with van der Waals surface area (Å²) in [7, 11) is -0.655. The molecule has 9 nitrogen and oxygen atoms in total. The summed E-state index contributed by atoms with van der Waals surface area (Å²) in [6.45, 7) is 0. The second-order valence-electron chi connectivity index (χ2n) is 5.67. The van der Waals surface area contributed by atoms with E-state index in [1.165, 1.54) is 62.8 Å². The summed E-state index contributed by atoms with van der Waals surface area (Å²) in [5.74, 6) is 0.0815. The molecular formula is C18H18N2O7S. The molecule has 0 bridgehead atoms. The number of carbonyl (C=O) groups excluding carboxylic acids is 1. The van der Waals surface area contributed by atoms with Crippen molar-refractivity contribution in [2.45, 2.75) is 0 Å². The molecule has 0 saturated heterocycles. The number of nitrogens with zero attached hydrogens (tertiary/aromatic N) is 1. The molecule has 0 heterocycles. The highest BCUT2D eigenvalue weighted by atomic mass is 32.2. The number of rotatable bonds is 8. The fraction of sp³-hybridized carbons (Fsp3) is 0.167. The van der Waals surface area contributed by atoms with E-state index in [1.807, 2.05) is 0 Å². The van der Waals surface area contributed by atoms with Gasteiger partial charge in [-0.1, -0.05) is 0 Å². The first-order valence-electron chi connectivity index (χ1n) is 7.85. The molecule has 10 heteroatoms. The lowest BCUT2D eigenvalue weighted by Crippen LogP contribution is -2.09. The van der Waals surface area contributed by atoms with E-state index in [1.54, 1.807) is 0 Å². The molecule has 0 fully saturated rings. The van der Waals surface area contributed by atoms with Gasteiger partial charge in [-0.25, -0.2) is 8.42 Å². The number of ketones is 1. The predicted octanol–water partition coefficient (Wildman–Crippen LogP) is 2.88. The highest BCUT2D eigenvalue weighted by Crippen LogP contribution is 2.35. The van der Waals surface area contributed by atoms with Gasteiger partial charge >= 0.3 is 0 Å². The van der Waals surface area contributed by atoms with Crippen molar-refractivity contribution < 1.29 is 27.6 Å². The maximum atomic E-state index is 12.3. The van der Waals surface area contributed by atoms with Gasteiger partial charge in [-0.2, -0.15) is 0 Å². The van der Waals surface area contributed by atoms with E-state index in [9.17, 15) is 23.3 Å². The van der Waals surface area contributed by atoms with Crippen molar-refractivity contribution in [1.29, 1.82) is 0 Å². The number of allylic oxidation sites excluding steroid dienone is 1. The first kappa shape index (κ1) is 20.9. The van der Waals surface area contributed by atoms with E-state index in [0.717, 1.165) is 6.26 Å². The van der Waals surface area contributed by atoms with Crippen LogP contribution in [0.25, 0.3) is 6.08 Å². The second-order valence-corrected chi connectivity index (χ2v) is 7.42. The van der Waals surface area contributed by atoms with Crippen molar-refractivity contribution in [1.82, 2.24) is 0 Å². The van der Waals surface area contributed by atoms with Gasteiger partial charge in [0.15, 0.2) is 17.3 Å². The van der Waals surface area contributed by atoms with Gasteiger partial charge in [0.25, 0.3) is 5.69 Å². The Hall–Kier alpha value is -3.40. The van der Waals surface area contributed by atoms with Crippen LogP contribution in [0, 0.1) is 10.1 Å². The number of ether oxygens (including phenoxy) is 2. The molecule has 0 aliphatic rings. The highest BCUT2D eigenvalue weighted by molar-refractivity contribution is 7.92. The summed E-state index contributed by atoms with van der Waals surface area (Å²) in [5, 5.41) is 11.3. The predicted molar refractivity (Wildman–Crippen MR) is 104 cm³/mol. The number of carbonyl (C=O) groups is 1. The van der Waals surface area contributed by atoms with E-state index in [4.69, 9.17) is 9.47 Å². The number of nitro groups is 1. The number of nitrogens with one attached hydrogen (secondary N) is 1. The minimum Gasteiger partial charge on any atom is -0.493 e. The zero-order valence-corrected chi connectivity index (χ0v) is 16.1. The smallest absolute Gasteiger partial charge is 0.280 e. The molecule has 2 rings (SSSR count). The second kappa shape index (κ2) is 8.53. The largest absolute Gasteiger partial charge is 0.493 e. The molecule has 0 aliphatic heterocycles. The Kier molecular flexibility index (Phi) is 6.37. The summed E-state index contributed by atoms with van der Waals surface area (Å²) in [5.41, 5.74) is 0.540. The third-order valence-corrected chi connectivity index (χ3v) is 4.22. The molecule has 0 saturated carbocycles. The monoisotopic (exact) mass is 406 g/mol. The van der Waals surface area contributed by atoms with Gasteiger partial charge in [0.2, 0.25) is 10.0 Å². The minimum absolute atomic E-state index is 0.173. The Morgan fingerprint density at radius 2 is 1.68 bits per heavy atom. The lowest BCUT2D eigenvalue weighted by atomic mass is 10.1. The standard InChI is InChI=1S/C18H18N2O7S/c1-26-17-10-13(15(20(22)23)11-18(17)27-2)6-9-16(21)12-4-7-14(8-5-12)19-28(3,24)25/h4-11,19H,1-3H3/b9-6+. The topological polar surface area (TPSA) is 125 Å². The quantitative estimate of drug-likeness (QED) is 0.309. The van der Waals surface area contributed by atoms with Crippen LogP contribution >= 0.6 is 0 Å². The Labute approximate surface area is 161 Å². The van der Waals surface area contributed by atoms with Gasteiger partial charge in [0.1, 0.15) is 0 Å². The minimum atomic E-state index is -3.42. The van der Waals surface area contributed by atoms with E-state index in [0.29, 0.717) is 11.3 Å². The molecule has 0 aromatic heterocycles. The molecular weight excluding hydrogens is 388 g/mol. The average molecular weight is 406 g/mol. The van der Waals surface area contributed by atoms with Gasteiger partial charge in [-0.15, -0.1) is 0 Å². The van der Waals surface area contributed by atoms with Crippen LogP contribution in [0.2, 0.25) is 0 Å². The Morgan fingerprint density at radius 1 is 1.11 bits per heavy atom. The van der Waals surface area contributed by atoms with Gasteiger partial charge < -0.3 is 9.47 Å². The summed E-state index contributed by atoms with van der Waals surface area (Å²) in [4.78, 5) is 23.0. The number of benzene rings is 2. The average Bonchev–Trinajstić information content (AvgIpc) is 2.64. The molecule has 2 aromatic carbocycles. The van der Waals surface area contributed by atoms with Gasteiger partial charge in [0, 0.05) is 11.3 Å². The Balaban J connectivity index is 2.29. The fourth-order valence-corrected chi connectivity index (χ4v) is 2.92. The Bertz CT molecular complexity index is 1030. The van der Waals surface area contributed by atoms with E-state index in [-0.39, 0.29) is 22.7 Å². The molecule has 0 atom stereocenters. The van der Waals surface area contributed by atoms with Crippen molar-refractivity contribution in [2.24, 2.45) is 0 Å².